The highest BCUT2D eigenvalue weighted by Gasteiger charge is 2.30. The molecular weight excluding hydrogens is 465 g/mol. The van der Waals surface area contributed by atoms with Crippen LogP contribution >= 0.6 is 0 Å². The van der Waals surface area contributed by atoms with Crippen molar-refractivity contribution in [2.75, 3.05) is 7.11 Å². The van der Waals surface area contributed by atoms with Crippen molar-refractivity contribution in [1.82, 2.24) is 9.47 Å². The van der Waals surface area contributed by atoms with Crippen LogP contribution in [0.15, 0.2) is 97.2 Å². The van der Waals surface area contributed by atoms with E-state index in [1.807, 2.05) is 65.4 Å². The first-order chi connectivity index (χ1) is 17.3. The number of halogens is 3. The van der Waals surface area contributed by atoms with Crippen molar-refractivity contribution in [3.05, 3.63) is 131 Å². The molecule has 186 valence electrons. The van der Waals surface area contributed by atoms with Crippen molar-refractivity contribution in [1.29, 1.82) is 0 Å². The standard InChI is InChI=1S/C29H27F3N2O2/c1-36-28(35)27-15-6-5-12-24(27)20-33(18-22-9-3-2-4-10-22)21-26-14-8-16-34(26)19-23-11-7-13-25(17-23)29(30,31)32/h2-17H,18-21H2,1H3. The molecular formula is C29H27F3N2O2. The molecule has 0 saturated heterocycles. The molecule has 0 radical (unpaired) electrons. The van der Waals surface area contributed by atoms with Crippen LogP contribution < -0.4 is 0 Å². The van der Waals surface area contributed by atoms with E-state index < -0.39 is 17.7 Å². The van der Waals surface area contributed by atoms with E-state index in [0.29, 0.717) is 37.3 Å². The van der Waals surface area contributed by atoms with Crippen molar-refractivity contribution in [2.24, 2.45) is 0 Å². The zero-order valence-electron chi connectivity index (χ0n) is 19.9. The third-order valence-electron chi connectivity index (χ3n) is 5.98. The van der Waals surface area contributed by atoms with Crippen LogP contribution in [-0.2, 0) is 37.1 Å². The van der Waals surface area contributed by atoms with E-state index >= 15 is 0 Å². The molecule has 0 unspecified atom stereocenters. The minimum atomic E-state index is -4.38. The number of benzene rings is 3. The highest BCUT2D eigenvalue weighted by atomic mass is 19.4. The van der Waals surface area contributed by atoms with Gasteiger partial charge in [0.2, 0.25) is 0 Å². The molecule has 1 heterocycles. The van der Waals surface area contributed by atoms with Gasteiger partial charge in [-0.3, -0.25) is 4.90 Å². The summed E-state index contributed by atoms with van der Waals surface area (Å²) < 4.78 is 46.5. The molecule has 36 heavy (non-hydrogen) atoms. The largest absolute Gasteiger partial charge is 0.465 e. The Morgan fingerprint density at radius 1 is 0.833 bits per heavy atom. The molecule has 0 saturated carbocycles. The maximum atomic E-state index is 13.2. The summed E-state index contributed by atoms with van der Waals surface area (Å²) in [4.78, 5) is 14.5. The normalized spacial score (nSPS) is 11.6. The Hall–Kier alpha value is -3.84. The number of hydrogen-bond donors (Lipinski definition) is 0. The summed E-state index contributed by atoms with van der Waals surface area (Å²) in [5.41, 5.74) is 3.35. The van der Waals surface area contributed by atoms with Crippen LogP contribution in [-0.4, -0.2) is 22.5 Å². The SMILES string of the molecule is COC(=O)c1ccccc1CN(Cc1ccccc1)Cc1cccn1Cc1cccc(C(F)(F)F)c1. The molecule has 0 aliphatic rings. The third-order valence-corrected chi connectivity index (χ3v) is 5.98. The van der Waals surface area contributed by atoms with Crippen LogP contribution in [0.5, 0.6) is 0 Å². The van der Waals surface area contributed by atoms with E-state index in [1.54, 1.807) is 18.2 Å². The fourth-order valence-electron chi connectivity index (χ4n) is 4.24. The second kappa shape index (κ2) is 11.3. The van der Waals surface area contributed by atoms with Gasteiger partial charge in [-0.05, 0) is 47.0 Å². The summed E-state index contributed by atoms with van der Waals surface area (Å²) in [5, 5.41) is 0. The van der Waals surface area contributed by atoms with E-state index in [4.69, 9.17) is 4.74 Å². The van der Waals surface area contributed by atoms with E-state index in [0.717, 1.165) is 22.9 Å². The third kappa shape index (κ3) is 6.43. The smallest absolute Gasteiger partial charge is 0.416 e. The summed E-state index contributed by atoms with van der Waals surface area (Å²) in [6.07, 6.45) is -2.51. The average Bonchev–Trinajstić information content (AvgIpc) is 3.30. The molecule has 1 aromatic heterocycles. The van der Waals surface area contributed by atoms with Crippen molar-refractivity contribution >= 4 is 5.97 Å². The van der Waals surface area contributed by atoms with Crippen molar-refractivity contribution in [3.8, 4) is 0 Å². The predicted molar refractivity (Wildman–Crippen MR) is 132 cm³/mol. The second-order valence-corrected chi connectivity index (χ2v) is 8.61. The van der Waals surface area contributed by atoms with Gasteiger partial charge >= 0.3 is 12.1 Å². The van der Waals surface area contributed by atoms with Gasteiger partial charge in [-0.15, -0.1) is 0 Å². The predicted octanol–water partition coefficient (Wildman–Crippen LogP) is 6.54. The maximum Gasteiger partial charge on any atom is 0.416 e. The molecule has 0 bridgehead atoms. The first-order valence-electron chi connectivity index (χ1n) is 11.6. The van der Waals surface area contributed by atoms with Gasteiger partial charge in [-0.1, -0.05) is 60.7 Å². The number of alkyl halides is 3. The molecule has 4 aromatic rings. The van der Waals surface area contributed by atoms with Crippen molar-refractivity contribution in [3.63, 3.8) is 0 Å². The molecule has 7 heteroatoms. The summed E-state index contributed by atoms with van der Waals surface area (Å²) in [6.45, 7) is 1.99. The van der Waals surface area contributed by atoms with Crippen LogP contribution in [0, 0.1) is 0 Å². The fourth-order valence-corrected chi connectivity index (χ4v) is 4.24. The number of esters is 1. The molecule has 0 N–H and O–H groups in total. The van der Waals surface area contributed by atoms with Gasteiger partial charge in [0, 0.05) is 38.1 Å². The molecule has 4 nitrogen and oxygen atoms in total. The Labute approximate surface area is 208 Å². The zero-order chi connectivity index (χ0) is 25.5. The summed E-state index contributed by atoms with van der Waals surface area (Å²) in [7, 11) is 1.36. The molecule has 0 atom stereocenters. The van der Waals surface area contributed by atoms with E-state index in [9.17, 15) is 18.0 Å². The van der Waals surface area contributed by atoms with Crippen LogP contribution in [0.4, 0.5) is 13.2 Å². The Morgan fingerprint density at radius 3 is 2.31 bits per heavy atom. The lowest BCUT2D eigenvalue weighted by Gasteiger charge is -2.24. The average molecular weight is 493 g/mol. The van der Waals surface area contributed by atoms with Crippen molar-refractivity contribution < 1.29 is 22.7 Å². The fraction of sp³-hybridized carbons (Fsp3) is 0.207. The highest BCUT2D eigenvalue weighted by Crippen LogP contribution is 2.30. The monoisotopic (exact) mass is 492 g/mol. The van der Waals surface area contributed by atoms with E-state index in [-0.39, 0.29) is 0 Å². The Balaban J connectivity index is 1.59. The van der Waals surface area contributed by atoms with Crippen LogP contribution in [0.3, 0.4) is 0 Å². The molecule has 0 aliphatic carbocycles. The molecule has 0 spiro atoms. The first-order valence-corrected chi connectivity index (χ1v) is 11.6. The van der Waals surface area contributed by atoms with Crippen LogP contribution in [0.25, 0.3) is 0 Å². The lowest BCUT2D eigenvalue weighted by atomic mass is 10.1. The zero-order valence-corrected chi connectivity index (χ0v) is 19.9. The minimum absolute atomic E-state index is 0.324. The number of methoxy groups -OCH3 is 1. The number of aromatic nitrogens is 1. The topological polar surface area (TPSA) is 34.5 Å². The molecule has 0 aliphatic heterocycles. The van der Waals surface area contributed by atoms with Gasteiger partial charge in [0.1, 0.15) is 0 Å². The van der Waals surface area contributed by atoms with E-state index in [1.165, 1.54) is 19.2 Å². The molecule has 0 amide bonds. The Morgan fingerprint density at radius 2 is 1.56 bits per heavy atom. The van der Waals surface area contributed by atoms with Gasteiger partial charge in [0.05, 0.1) is 18.2 Å². The summed E-state index contributed by atoms with van der Waals surface area (Å²) in [5.74, 6) is -0.391. The number of carbonyl (C=O) groups is 1. The summed E-state index contributed by atoms with van der Waals surface area (Å²) in [6, 6.07) is 26.6. The van der Waals surface area contributed by atoms with Gasteiger partial charge in [-0.25, -0.2) is 4.79 Å². The number of hydrogen-bond acceptors (Lipinski definition) is 3. The number of nitrogens with zero attached hydrogens (tertiary/aromatic N) is 2. The Bertz CT molecular complexity index is 1300. The van der Waals surface area contributed by atoms with Crippen LogP contribution in [0.1, 0.15) is 38.3 Å². The van der Waals surface area contributed by atoms with Gasteiger partial charge in [0.15, 0.2) is 0 Å². The molecule has 3 aromatic carbocycles. The van der Waals surface area contributed by atoms with Gasteiger partial charge < -0.3 is 9.30 Å². The maximum absolute atomic E-state index is 13.2. The number of carbonyl (C=O) groups excluding carboxylic acids is 1. The Kier molecular flexibility index (Phi) is 7.90. The number of ether oxygens (including phenoxy) is 1. The van der Waals surface area contributed by atoms with Crippen molar-refractivity contribution in [2.45, 2.75) is 32.4 Å². The quantitative estimate of drug-likeness (QED) is 0.249. The molecule has 4 rings (SSSR count). The lowest BCUT2D eigenvalue weighted by molar-refractivity contribution is -0.137. The second-order valence-electron chi connectivity index (χ2n) is 8.61. The summed E-state index contributed by atoms with van der Waals surface area (Å²) >= 11 is 0. The van der Waals surface area contributed by atoms with Gasteiger partial charge in [-0.2, -0.15) is 13.2 Å². The lowest BCUT2D eigenvalue weighted by Crippen LogP contribution is -2.25. The van der Waals surface area contributed by atoms with E-state index in [2.05, 4.69) is 4.90 Å². The number of rotatable bonds is 9. The minimum Gasteiger partial charge on any atom is -0.465 e. The van der Waals surface area contributed by atoms with Crippen LogP contribution in [0.2, 0.25) is 0 Å². The first kappa shape index (κ1) is 25.3. The highest BCUT2D eigenvalue weighted by molar-refractivity contribution is 5.90. The van der Waals surface area contributed by atoms with Gasteiger partial charge in [0.25, 0.3) is 0 Å². The molecule has 0 fully saturated rings.